The van der Waals surface area contributed by atoms with Gasteiger partial charge in [-0.1, -0.05) is 106 Å². The number of aryl methyl sites for hydroxylation is 1. The topological polar surface area (TPSA) is 71.0 Å². The average Bonchev–Trinajstić information content (AvgIpc) is 3.09. The van der Waals surface area contributed by atoms with Crippen LogP contribution in [0.3, 0.4) is 0 Å². The highest BCUT2D eigenvalue weighted by Crippen LogP contribution is 2.37. The fourth-order valence-corrected chi connectivity index (χ4v) is 5.71. The lowest BCUT2D eigenvalue weighted by Gasteiger charge is -2.37. The third-order valence-corrected chi connectivity index (χ3v) is 12.8. The Morgan fingerprint density at radius 3 is 2.29 bits per heavy atom. The molecule has 1 aliphatic rings. The van der Waals surface area contributed by atoms with Crippen LogP contribution in [0.25, 0.3) is 0 Å². The number of amides is 2. The zero-order chi connectivity index (χ0) is 30.3. The summed E-state index contributed by atoms with van der Waals surface area (Å²) < 4.78 is 6.52. The molecule has 7 heteroatoms. The Morgan fingerprint density at radius 2 is 1.64 bits per heavy atom. The molecule has 3 aromatic carbocycles. The van der Waals surface area contributed by atoms with Gasteiger partial charge in [0, 0.05) is 17.2 Å². The lowest BCUT2D eigenvalue weighted by Crippen LogP contribution is -2.49. The minimum absolute atomic E-state index is 0.0191. The van der Waals surface area contributed by atoms with Crippen LogP contribution in [0.5, 0.6) is 0 Å². The second kappa shape index (κ2) is 13.4. The molecule has 2 amide bonds. The van der Waals surface area contributed by atoms with E-state index < -0.39 is 14.4 Å². The quantitative estimate of drug-likeness (QED) is 0.206. The molecule has 1 heterocycles. The number of para-hydroxylation sites is 1. The Bertz CT molecular complexity index is 1410. The SMILES string of the molecule is C=C[C@H](CCc1ccccc1)NC(=O)CN1C(=O)[C@@H](CO[Si](C)(C)C(C)(C)C)N=C(c2ccccc2)c2ccccc21. The van der Waals surface area contributed by atoms with Gasteiger partial charge in [0.05, 0.1) is 18.0 Å². The monoisotopic (exact) mass is 581 g/mol. The van der Waals surface area contributed by atoms with Gasteiger partial charge in [-0.3, -0.25) is 14.6 Å². The summed E-state index contributed by atoms with van der Waals surface area (Å²) in [4.78, 5) is 34.3. The summed E-state index contributed by atoms with van der Waals surface area (Å²) in [6, 6.07) is 26.7. The number of benzene rings is 3. The maximum atomic E-state index is 14.2. The van der Waals surface area contributed by atoms with Gasteiger partial charge in [0.2, 0.25) is 5.91 Å². The van der Waals surface area contributed by atoms with Crippen LogP contribution in [0.4, 0.5) is 5.69 Å². The van der Waals surface area contributed by atoms with Crippen molar-refractivity contribution in [1.82, 2.24) is 5.32 Å². The fourth-order valence-electron chi connectivity index (χ4n) is 4.70. The van der Waals surface area contributed by atoms with Gasteiger partial charge in [-0.05, 0) is 42.6 Å². The van der Waals surface area contributed by atoms with E-state index in [1.165, 1.54) is 5.56 Å². The van der Waals surface area contributed by atoms with E-state index in [1.54, 1.807) is 11.0 Å². The lowest BCUT2D eigenvalue weighted by atomic mass is 10.00. The first-order valence-electron chi connectivity index (χ1n) is 14.6. The Balaban J connectivity index is 1.62. The summed E-state index contributed by atoms with van der Waals surface area (Å²) in [6.45, 7) is 14.8. The van der Waals surface area contributed by atoms with Crippen molar-refractivity contribution >= 4 is 31.5 Å². The molecule has 0 aromatic heterocycles. The number of fused-ring (bicyclic) bond motifs is 1. The zero-order valence-corrected chi connectivity index (χ0v) is 26.5. The fraction of sp³-hybridized carbons (Fsp3) is 0.343. The van der Waals surface area contributed by atoms with Gasteiger partial charge in [0.1, 0.15) is 6.54 Å². The van der Waals surface area contributed by atoms with E-state index in [0.29, 0.717) is 12.1 Å². The lowest BCUT2D eigenvalue weighted by molar-refractivity contribution is -0.125. The maximum Gasteiger partial charge on any atom is 0.254 e. The van der Waals surface area contributed by atoms with Gasteiger partial charge in [0.25, 0.3) is 5.91 Å². The van der Waals surface area contributed by atoms with Crippen molar-refractivity contribution in [2.45, 2.75) is 63.8 Å². The third-order valence-electron chi connectivity index (χ3n) is 8.26. The molecule has 1 N–H and O–H groups in total. The molecular formula is C35H43N3O3Si. The van der Waals surface area contributed by atoms with E-state index in [4.69, 9.17) is 9.42 Å². The summed E-state index contributed by atoms with van der Waals surface area (Å²) in [7, 11) is -2.16. The number of nitrogens with zero attached hydrogens (tertiary/aromatic N) is 2. The number of hydrogen-bond donors (Lipinski definition) is 1. The molecule has 6 nitrogen and oxygen atoms in total. The summed E-state index contributed by atoms with van der Waals surface area (Å²) in [5.41, 5.74) is 4.30. The van der Waals surface area contributed by atoms with Crippen LogP contribution in [0, 0.1) is 0 Å². The van der Waals surface area contributed by atoms with Crippen molar-refractivity contribution < 1.29 is 14.0 Å². The Morgan fingerprint density at radius 1 is 1.02 bits per heavy atom. The number of rotatable bonds is 11. The van der Waals surface area contributed by atoms with Crippen molar-refractivity contribution in [2.24, 2.45) is 4.99 Å². The second-order valence-corrected chi connectivity index (χ2v) is 17.1. The van der Waals surface area contributed by atoms with Crippen LogP contribution in [0.15, 0.2) is 103 Å². The molecule has 42 heavy (non-hydrogen) atoms. The maximum absolute atomic E-state index is 14.2. The minimum atomic E-state index is -2.16. The molecule has 0 radical (unpaired) electrons. The molecule has 0 unspecified atom stereocenters. The standard InChI is InChI=1S/C35H43N3O3Si/c1-7-28(23-22-26-16-10-8-11-17-26)36-32(39)24-38-31-21-15-14-20-29(31)33(27-18-12-9-13-19-27)37-30(34(38)40)25-41-42(5,6)35(2,3)4/h7-21,28,30H,1,22-25H2,2-6H3,(H,36,39)/t28-,30-/m1/s1. The molecule has 0 bridgehead atoms. The minimum Gasteiger partial charge on any atom is -0.414 e. The highest BCUT2D eigenvalue weighted by Gasteiger charge is 2.40. The van der Waals surface area contributed by atoms with Crippen LogP contribution >= 0.6 is 0 Å². The smallest absolute Gasteiger partial charge is 0.254 e. The van der Waals surface area contributed by atoms with E-state index >= 15 is 0 Å². The molecule has 4 rings (SSSR count). The molecule has 220 valence electrons. The number of aliphatic imine (C=N–C) groups is 1. The molecule has 0 fully saturated rings. The highest BCUT2D eigenvalue weighted by molar-refractivity contribution is 6.74. The zero-order valence-electron chi connectivity index (χ0n) is 25.5. The van der Waals surface area contributed by atoms with Gasteiger partial charge < -0.3 is 14.6 Å². The molecule has 1 aliphatic heterocycles. The molecule has 0 spiro atoms. The normalized spacial score (nSPS) is 16.2. The number of carbonyl (C=O) groups excluding carboxylic acids is 2. The van der Waals surface area contributed by atoms with Crippen molar-refractivity contribution in [3.05, 3.63) is 114 Å². The highest BCUT2D eigenvalue weighted by atomic mass is 28.4. The summed E-state index contributed by atoms with van der Waals surface area (Å²) in [5, 5.41) is 3.06. The largest absolute Gasteiger partial charge is 0.414 e. The third kappa shape index (κ3) is 7.52. The van der Waals surface area contributed by atoms with Crippen LogP contribution < -0.4 is 10.2 Å². The number of anilines is 1. The van der Waals surface area contributed by atoms with Gasteiger partial charge in [-0.25, -0.2) is 0 Å². The average molecular weight is 582 g/mol. The van der Waals surface area contributed by atoms with E-state index in [1.807, 2.05) is 72.8 Å². The molecule has 0 saturated carbocycles. The first kappa shape index (κ1) is 31.1. The van der Waals surface area contributed by atoms with Crippen molar-refractivity contribution in [1.29, 1.82) is 0 Å². The Kier molecular flexibility index (Phi) is 9.96. The number of nitrogens with one attached hydrogen (secondary N) is 1. The predicted molar refractivity (Wildman–Crippen MR) is 175 cm³/mol. The van der Waals surface area contributed by atoms with Gasteiger partial charge in [-0.2, -0.15) is 0 Å². The molecule has 2 atom stereocenters. The molecular weight excluding hydrogens is 538 g/mol. The molecule has 3 aromatic rings. The number of carbonyl (C=O) groups is 2. The summed E-state index contributed by atoms with van der Waals surface area (Å²) >= 11 is 0. The van der Waals surface area contributed by atoms with E-state index in [-0.39, 0.29) is 36.0 Å². The molecule has 0 aliphatic carbocycles. The number of benzodiazepines with no additional fused rings is 1. The van der Waals surface area contributed by atoms with Gasteiger partial charge in [-0.15, -0.1) is 6.58 Å². The van der Waals surface area contributed by atoms with Gasteiger partial charge in [0.15, 0.2) is 14.4 Å². The predicted octanol–water partition coefficient (Wildman–Crippen LogP) is 6.56. The summed E-state index contributed by atoms with van der Waals surface area (Å²) in [5.74, 6) is -0.495. The van der Waals surface area contributed by atoms with Crippen molar-refractivity contribution in [3.63, 3.8) is 0 Å². The van der Waals surface area contributed by atoms with E-state index in [2.05, 4.69) is 57.9 Å². The van der Waals surface area contributed by atoms with Crippen molar-refractivity contribution in [3.8, 4) is 0 Å². The first-order chi connectivity index (χ1) is 20.0. The van der Waals surface area contributed by atoms with Crippen LogP contribution in [0.1, 0.15) is 43.9 Å². The van der Waals surface area contributed by atoms with E-state index in [9.17, 15) is 9.59 Å². The Hall–Kier alpha value is -3.81. The van der Waals surface area contributed by atoms with Crippen LogP contribution in [-0.4, -0.2) is 51.1 Å². The first-order valence-corrected chi connectivity index (χ1v) is 17.5. The number of hydrogen-bond acceptors (Lipinski definition) is 4. The van der Waals surface area contributed by atoms with Gasteiger partial charge >= 0.3 is 0 Å². The Labute approximate surface area is 251 Å². The van der Waals surface area contributed by atoms with Crippen LogP contribution in [0.2, 0.25) is 18.1 Å². The van der Waals surface area contributed by atoms with Crippen molar-refractivity contribution in [2.75, 3.05) is 18.1 Å². The van der Waals surface area contributed by atoms with Crippen LogP contribution in [-0.2, 0) is 20.4 Å². The van der Waals surface area contributed by atoms with E-state index in [0.717, 1.165) is 23.3 Å². The summed E-state index contributed by atoms with van der Waals surface area (Å²) in [6.07, 6.45) is 3.28. The molecule has 0 saturated heterocycles. The second-order valence-electron chi connectivity index (χ2n) is 12.3.